The Hall–Kier alpha value is -3.31. The molecule has 3 aromatic carbocycles. The van der Waals surface area contributed by atoms with Gasteiger partial charge in [0.05, 0.1) is 26.9 Å². The summed E-state index contributed by atoms with van der Waals surface area (Å²) in [5.41, 5.74) is 8.08. The summed E-state index contributed by atoms with van der Waals surface area (Å²) in [4.78, 5) is 13.3. The molecule has 0 fully saturated rings. The predicted molar refractivity (Wildman–Crippen MR) is 113 cm³/mol. The van der Waals surface area contributed by atoms with Crippen LogP contribution in [0.25, 0.3) is 0 Å². The van der Waals surface area contributed by atoms with Gasteiger partial charge >= 0.3 is 0 Å². The van der Waals surface area contributed by atoms with Gasteiger partial charge in [-0.2, -0.15) is 0 Å². The van der Waals surface area contributed by atoms with Crippen molar-refractivity contribution in [1.29, 1.82) is 0 Å². The van der Waals surface area contributed by atoms with Crippen molar-refractivity contribution in [1.82, 2.24) is 0 Å². The van der Waals surface area contributed by atoms with Crippen LogP contribution in [0.5, 0.6) is 17.2 Å². The topological polar surface area (TPSA) is 70.8 Å². The van der Waals surface area contributed by atoms with E-state index in [0.29, 0.717) is 22.8 Å². The molecule has 0 atom stereocenters. The van der Waals surface area contributed by atoms with Crippen LogP contribution in [0.4, 0.5) is 0 Å². The van der Waals surface area contributed by atoms with Crippen LogP contribution in [0, 0.1) is 0 Å². The van der Waals surface area contributed by atoms with Gasteiger partial charge in [-0.25, -0.2) is 0 Å². The number of methoxy groups -OCH3 is 3. The summed E-state index contributed by atoms with van der Waals surface area (Å²) in [6.07, 6.45) is 0.0830. The van der Waals surface area contributed by atoms with E-state index in [1.165, 1.54) is 21.3 Å². The summed E-state index contributed by atoms with van der Waals surface area (Å²) >= 11 is 0. The number of benzene rings is 3. The zero-order valence-electron chi connectivity index (χ0n) is 16.8. The lowest BCUT2D eigenvalue weighted by molar-refractivity contribution is 0.0959. The molecule has 3 aromatic rings. The molecule has 5 nitrogen and oxygen atoms in total. The van der Waals surface area contributed by atoms with Gasteiger partial charge in [0.25, 0.3) is 0 Å². The van der Waals surface area contributed by atoms with E-state index in [4.69, 9.17) is 19.9 Å². The van der Waals surface area contributed by atoms with Crippen molar-refractivity contribution in [3.63, 3.8) is 0 Å². The summed E-state index contributed by atoms with van der Waals surface area (Å²) in [5.74, 6) is 1.17. The lowest BCUT2D eigenvalue weighted by atomic mass is 9.79. The van der Waals surface area contributed by atoms with Crippen LogP contribution in [0.15, 0.2) is 72.8 Å². The van der Waals surface area contributed by atoms with E-state index in [2.05, 4.69) is 0 Å². The molecule has 0 aromatic heterocycles. The number of Topliss-reactive ketones (excluding diaryl/α,β-unsaturated/α-hetero) is 1. The number of ketones is 1. The van der Waals surface area contributed by atoms with Crippen LogP contribution >= 0.6 is 0 Å². The maximum atomic E-state index is 13.3. The first-order valence-electron chi connectivity index (χ1n) is 9.26. The first-order valence-corrected chi connectivity index (χ1v) is 9.26. The molecule has 0 radical (unpaired) electrons. The number of rotatable bonds is 8. The molecule has 2 N–H and O–H groups in total. The van der Waals surface area contributed by atoms with Crippen LogP contribution in [0.1, 0.15) is 27.9 Å². The molecule has 0 heterocycles. The monoisotopic (exact) mass is 391 g/mol. The Bertz CT molecular complexity index is 906. The second kappa shape index (κ2) is 8.80. The maximum absolute atomic E-state index is 13.3. The van der Waals surface area contributed by atoms with Crippen LogP contribution in [-0.4, -0.2) is 27.1 Å². The minimum atomic E-state index is -0.972. The van der Waals surface area contributed by atoms with Crippen LogP contribution < -0.4 is 19.9 Å². The quantitative estimate of drug-likeness (QED) is 0.583. The second-order valence-electron chi connectivity index (χ2n) is 6.72. The molecule has 5 heteroatoms. The number of hydrogen-bond donors (Lipinski definition) is 1. The first kappa shape index (κ1) is 20.4. The third-order valence-corrected chi connectivity index (χ3v) is 5.00. The zero-order chi connectivity index (χ0) is 20.9. The van der Waals surface area contributed by atoms with Crippen molar-refractivity contribution < 1.29 is 19.0 Å². The highest BCUT2D eigenvalue weighted by Crippen LogP contribution is 2.39. The van der Waals surface area contributed by atoms with E-state index in [9.17, 15) is 4.79 Å². The van der Waals surface area contributed by atoms with Gasteiger partial charge in [-0.1, -0.05) is 60.7 Å². The Morgan fingerprint density at radius 1 is 0.793 bits per heavy atom. The minimum absolute atomic E-state index is 0.0830. The van der Waals surface area contributed by atoms with Gasteiger partial charge < -0.3 is 19.9 Å². The molecule has 3 rings (SSSR count). The van der Waals surface area contributed by atoms with E-state index >= 15 is 0 Å². The molecular weight excluding hydrogens is 366 g/mol. The summed E-state index contributed by atoms with van der Waals surface area (Å²) in [6.45, 7) is 0. The number of ether oxygens (including phenoxy) is 3. The summed E-state index contributed by atoms with van der Waals surface area (Å²) in [6, 6.07) is 22.6. The van der Waals surface area contributed by atoms with Crippen molar-refractivity contribution in [2.75, 3.05) is 21.3 Å². The average Bonchev–Trinajstić information content (AvgIpc) is 2.78. The second-order valence-corrected chi connectivity index (χ2v) is 6.72. The minimum Gasteiger partial charge on any atom is -0.493 e. The Labute approximate surface area is 171 Å². The third-order valence-electron chi connectivity index (χ3n) is 5.00. The molecule has 0 saturated heterocycles. The first-order chi connectivity index (χ1) is 14.0. The van der Waals surface area contributed by atoms with E-state index in [0.717, 1.165) is 11.1 Å². The zero-order valence-corrected chi connectivity index (χ0v) is 16.8. The van der Waals surface area contributed by atoms with Crippen molar-refractivity contribution in [2.24, 2.45) is 5.73 Å². The molecule has 150 valence electrons. The van der Waals surface area contributed by atoms with Gasteiger partial charge in [0, 0.05) is 12.0 Å². The highest BCUT2D eigenvalue weighted by molar-refractivity contribution is 5.98. The number of nitrogens with two attached hydrogens (primary N) is 1. The Morgan fingerprint density at radius 3 is 1.62 bits per heavy atom. The van der Waals surface area contributed by atoms with Crippen molar-refractivity contribution in [2.45, 2.75) is 12.0 Å². The average molecular weight is 391 g/mol. The number of carbonyl (C=O) groups is 1. The molecule has 0 spiro atoms. The molecule has 0 amide bonds. The van der Waals surface area contributed by atoms with Gasteiger partial charge in [-0.15, -0.1) is 0 Å². The summed E-state index contributed by atoms with van der Waals surface area (Å²) in [7, 11) is 4.57. The molecule has 0 aliphatic carbocycles. The van der Waals surface area contributed by atoms with E-state index in [-0.39, 0.29) is 12.2 Å². The predicted octanol–water partition coefficient (Wildman–Crippen LogP) is 4.19. The van der Waals surface area contributed by atoms with E-state index in [1.54, 1.807) is 12.1 Å². The van der Waals surface area contributed by atoms with Crippen LogP contribution in [-0.2, 0) is 5.54 Å². The van der Waals surface area contributed by atoms with Crippen LogP contribution in [0.2, 0.25) is 0 Å². The fourth-order valence-electron chi connectivity index (χ4n) is 3.44. The normalized spacial score (nSPS) is 11.0. The Kier molecular flexibility index (Phi) is 6.20. The fraction of sp³-hybridized carbons (Fsp3) is 0.208. The highest BCUT2D eigenvalue weighted by atomic mass is 16.5. The Balaban J connectivity index is 2.04. The summed E-state index contributed by atoms with van der Waals surface area (Å²) < 4.78 is 16.1. The molecule has 0 aliphatic rings. The van der Waals surface area contributed by atoms with E-state index < -0.39 is 5.54 Å². The fourth-order valence-corrected chi connectivity index (χ4v) is 3.44. The van der Waals surface area contributed by atoms with Gasteiger partial charge in [0.15, 0.2) is 17.3 Å². The highest BCUT2D eigenvalue weighted by Gasteiger charge is 2.33. The lowest BCUT2D eigenvalue weighted by Gasteiger charge is -2.30. The molecule has 29 heavy (non-hydrogen) atoms. The molecule has 0 saturated carbocycles. The summed E-state index contributed by atoms with van der Waals surface area (Å²) in [5, 5.41) is 0. The van der Waals surface area contributed by atoms with Gasteiger partial charge in [-0.3, -0.25) is 4.79 Å². The van der Waals surface area contributed by atoms with Gasteiger partial charge in [0.1, 0.15) is 0 Å². The van der Waals surface area contributed by atoms with Crippen molar-refractivity contribution in [3.8, 4) is 17.2 Å². The van der Waals surface area contributed by atoms with E-state index in [1.807, 2.05) is 60.7 Å². The Morgan fingerprint density at radius 2 is 1.24 bits per heavy atom. The molecule has 0 unspecified atom stereocenters. The van der Waals surface area contributed by atoms with Gasteiger partial charge in [0.2, 0.25) is 5.75 Å². The third kappa shape index (κ3) is 4.10. The number of carbonyl (C=O) groups excluding carboxylic acids is 1. The van der Waals surface area contributed by atoms with Crippen molar-refractivity contribution in [3.05, 3.63) is 89.5 Å². The molecule has 0 aliphatic heterocycles. The standard InChI is InChI=1S/C24H25NO4/c1-27-21-14-17(15-22(28-2)23(21)29-3)20(26)16-24(25,18-10-6-4-7-11-18)19-12-8-5-9-13-19/h4-15H,16,25H2,1-3H3. The maximum Gasteiger partial charge on any atom is 0.203 e. The smallest absolute Gasteiger partial charge is 0.203 e. The largest absolute Gasteiger partial charge is 0.493 e. The van der Waals surface area contributed by atoms with Gasteiger partial charge in [-0.05, 0) is 23.3 Å². The molecule has 0 bridgehead atoms. The SMILES string of the molecule is COc1cc(C(=O)CC(N)(c2ccccc2)c2ccccc2)cc(OC)c1OC. The van der Waals surface area contributed by atoms with Crippen LogP contribution in [0.3, 0.4) is 0 Å². The van der Waals surface area contributed by atoms with Crippen molar-refractivity contribution >= 4 is 5.78 Å². The lowest BCUT2D eigenvalue weighted by Crippen LogP contribution is -2.40. The molecular formula is C24H25NO4. The number of hydrogen-bond acceptors (Lipinski definition) is 5.